The molecule has 0 heterocycles. The lowest BCUT2D eigenvalue weighted by Crippen LogP contribution is -2.39. The second-order valence-electron chi connectivity index (χ2n) is 8.79. The molecule has 0 unspecified atom stereocenters. The van der Waals surface area contributed by atoms with Crippen LogP contribution in [0, 0.1) is 23.2 Å². The van der Waals surface area contributed by atoms with Gasteiger partial charge in [0.1, 0.15) is 5.78 Å². The molecule has 2 aliphatic carbocycles. The van der Waals surface area contributed by atoms with E-state index in [1.54, 1.807) is 26.8 Å². The molecular formula is C20H32O3S. The zero-order valence-electron chi connectivity index (χ0n) is 15.7. The van der Waals surface area contributed by atoms with Gasteiger partial charge >= 0.3 is 0 Å². The third-order valence-corrected chi connectivity index (χ3v) is 8.43. The Bertz CT molecular complexity index is 636. The van der Waals surface area contributed by atoms with Gasteiger partial charge in [0.2, 0.25) is 0 Å². The van der Waals surface area contributed by atoms with Gasteiger partial charge in [-0.2, -0.15) is 0 Å². The van der Waals surface area contributed by atoms with Crippen molar-refractivity contribution < 1.29 is 13.2 Å². The summed E-state index contributed by atoms with van der Waals surface area (Å²) in [7, 11) is -3.23. The van der Waals surface area contributed by atoms with Crippen LogP contribution in [0.3, 0.4) is 0 Å². The van der Waals surface area contributed by atoms with Gasteiger partial charge in [-0.25, -0.2) is 8.42 Å². The highest BCUT2D eigenvalue weighted by Crippen LogP contribution is 2.56. The van der Waals surface area contributed by atoms with Gasteiger partial charge in [0.05, 0.1) is 4.75 Å². The molecule has 2 fully saturated rings. The normalized spacial score (nSPS) is 33.3. The molecule has 2 aliphatic rings. The number of carbonyl (C=O) groups is 1. The maximum atomic E-state index is 12.2. The number of rotatable bonds is 4. The SMILES string of the molecule is C[C@H](C=CC=CS(=O)(=O)C(C)(C)C)[C@H]1CC[C@H]2C(=O)CCC[C@]12C. The Hall–Kier alpha value is -0.900. The van der Waals surface area contributed by atoms with E-state index in [4.69, 9.17) is 0 Å². The number of allylic oxidation sites excluding steroid dienone is 3. The standard InChI is InChI=1S/C20H32O3S/c1-15(9-6-7-14-24(22,23)19(2,3)4)16-11-12-17-18(21)10-8-13-20(16,17)5/h6-7,9,14-17H,8,10-13H2,1-5H3/t15-,16-,17+,20-/m1/s1. The van der Waals surface area contributed by atoms with Crippen LogP contribution in [-0.2, 0) is 14.6 Å². The van der Waals surface area contributed by atoms with E-state index >= 15 is 0 Å². The molecule has 0 aromatic heterocycles. The van der Waals surface area contributed by atoms with Gasteiger partial charge in [-0.05, 0) is 63.7 Å². The fourth-order valence-electron chi connectivity index (χ4n) is 4.56. The summed E-state index contributed by atoms with van der Waals surface area (Å²) < 4.78 is 23.4. The highest BCUT2D eigenvalue weighted by atomic mass is 32.2. The Morgan fingerprint density at radius 3 is 2.50 bits per heavy atom. The van der Waals surface area contributed by atoms with E-state index in [-0.39, 0.29) is 11.3 Å². The molecule has 2 rings (SSSR count). The van der Waals surface area contributed by atoms with Crippen molar-refractivity contribution >= 4 is 15.6 Å². The number of fused-ring (bicyclic) bond motifs is 1. The highest BCUT2D eigenvalue weighted by molar-refractivity contribution is 7.95. The lowest BCUT2D eigenvalue weighted by atomic mass is 9.62. The fraction of sp³-hybridized carbons (Fsp3) is 0.750. The van der Waals surface area contributed by atoms with Crippen LogP contribution in [0.2, 0.25) is 0 Å². The van der Waals surface area contributed by atoms with Gasteiger partial charge in [0.15, 0.2) is 9.84 Å². The van der Waals surface area contributed by atoms with Crippen LogP contribution >= 0.6 is 0 Å². The molecule has 0 saturated heterocycles. The molecule has 2 saturated carbocycles. The van der Waals surface area contributed by atoms with Crippen LogP contribution in [0.5, 0.6) is 0 Å². The summed E-state index contributed by atoms with van der Waals surface area (Å²) in [4.78, 5) is 12.2. The molecule has 136 valence electrons. The minimum Gasteiger partial charge on any atom is -0.299 e. The zero-order chi connectivity index (χ0) is 18.2. The average Bonchev–Trinajstić information content (AvgIpc) is 2.81. The van der Waals surface area contributed by atoms with E-state index in [2.05, 4.69) is 19.9 Å². The largest absolute Gasteiger partial charge is 0.299 e. The van der Waals surface area contributed by atoms with Crippen LogP contribution < -0.4 is 0 Å². The van der Waals surface area contributed by atoms with Crippen LogP contribution in [-0.4, -0.2) is 18.9 Å². The predicted octanol–water partition coefficient (Wildman–Crippen LogP) is 4.69. The van der Waals surface area contributed by atoms with Crippen LogP contribution in [0.25, 0.3) is 0 Å². The lowest BCUT2D eigenvalue weighted by molar-refractivity contribution is -0.129. The van der Waals surface area contributed by atoms with Crippen molar-refractivity contribution in [3.8, 4) is 0 Å². The van der Waals surface area contributed by atoms with Gasteiger partial charge < -0.3 is 0 Å². The van der Waals surface area contributed by atoms with Crippen molar-refractivity contribution in [2.24, 2.45) is 23.2 Å². The van der Waals surface area contributed by atoms with E-state index in [1.807, 2.05) is 6.08 Å². The number of hydrogen-bond donors (Lipinski definition) is 0. The Morgan fingerprint density at radius 1 is 1.21 bits per heavy atom. The topological polar surface area (TPSA) is 51.2 Å². The van der Waals surface area contributed by atoms with Gasteiger partial charge in [0.25, 0.3) is 0 Å². The van der Waals surface area contributed by atoms with Crippen molar-refractivity contribution in [2.75, 3.05) is 0 Å². The van der Waals surface area contributed by atoms with E-state index in [9.17, 15) is 13.2 Å². The summed E-state index contributed by atoms with van der Waals surface area (Å²) in [5.41, 5.74) is 0.125. The van der Waals surface area contributed by atoms with Crippen LogP contribution in [0.4, 0.5) is 0 Å². The summed E-state index contributed by atoms with van der Waals surface area (Å²) in [6.07, 6.45) is 10.6. The molecule has 0 radical (unpaired) electrons. The fourth-order valence-corrected chi connectivity index (χ4v) is 5.27. The third-order valence-electron chi connectivity index (χ3n) is 6.21. The summed E-state index contributed by atoms with van der Waals surface area (Å²) in [5, 5.41) is 1.31. The Balaban J connectivity index is 2.05. The lowest BCUT2D eigenvalue weighted by Gasteiger charge is -2.41. The first kappa shape index (κ1) is 19.4. The van der Waals surface area contributed by atoms with E-state index in [0.29, 0.717) is 17.6 Å². The van der Waals surface area contributed by atoms with Crippen molar-refractivity contribution in [1.82, 2.24) is 0 Å². The number of ketones is 1. The quantitative estimate of drug-likeness (QED) is 0.690. The van der Waals surface area contributed by atoms with Gasteiger partial charge in [0, 0.05) is 17.7 Å². The molecule has 24 heavy (non-hydrogen) atoms. The molecule has 4 atom stereocenters. The number of carbonyl (C=O) groups excluding carboxylic acids is 1. The van der Waals surface area contributed by atoms with Gasteiger partial charge in [-0.1, -0.05) is 32.1 Å². The summed E-state index contributed by atoms with van der Waals surface area (Å²) in [6.45, 7) is 9.60. The zero-order valence-corrected chi connectivity index (χ0v) is 16.5. The van der Waals surface area contributed by atoms with Crippen LogP contribution in [0.1, 0.15) is 66.7 Å². The maximum absolute atomic E-state index is 12.2. The first-order valence-electron chi connectivity index (χ1n) is 9.11. The predicted molar refractivity (Wildman–Crippen MR) is 99.3 cm³/mol. The number of sulfone groups is 1. The number of hydrogen-bond acceptors (Lipinski definition) is 3. The minimum absolute atomic E-state index is 0.125. The van der Waals surface area contributed by atoms with Crippen molar-refractivity contribution in [3.63, 3.8) is 0 Å². The van der Waals surface area contributed by atoms with E-state index < -0.39 is 14.6 Å². The molecular weight excluding hydrogens is 320 g/mol. The molecule has 3 nitrogen and oxygen atoms in total. The maximum Gasteiger partial charge on any atom is 0.176 e. The molecule has 0 aromatic rings. The first-order chi connectivity index (χ1) is 11.0. The van der Waals surface area contributed by atoms with Gasteiger partial charge in [-0.15, -0.1) is 0 Å². The molecule has 0 aromatic carbocycles. The Morgan fingerprint density at radius 2 is 1.88 bits per heavy atom. The minimum atomic E-state index is -3.23. The van der Waals surface area contributed by atoms with Gasteiger partial charge in [-0.3, -0.25) is 4.79 Å². The monoisotopic (exact) mass is 352 g/mol. The molecule has 0 bridgehead atoms. The smallest absolute Gasteiger partial charge is 0.176 e. The molecule has 4 heteroatoms. The van der Waals surface area contributed by atoms with Crippen molar-refractivity contribution in [2.45, 2.75) is 71.5 Å². The molecule has 0 amide bonds. The van der Waals surface area contributed by atoms with Crippen molar-refractivity contribution in [3.05, 3.63) is 23.6 Å². The summed E-state index contributed by atoms with van der Waals surface area (Å²) in [6, 6.07) is 0. The van der Waals surface area contributed by atoms with Crippen molar-refractivity contribution in [1.29, 1.82) is 0 Å². The second-order valence-corrected chi connectivity index (χ2v) is 11.4. The number of Topliss-reactive ketones (excluding diaryl/α,β-unsaturated/α-hetero) is 1. The highest BCUT2D eigenvalue weighted by Gasteiger charge is 2.51. The second kappa shape index (κ2) is 6.78. The first-order valence-corrected chi connectivity index (χ1v) is 10.7. The third kappa shape index (κ3) is 3.68. The average molecular weight is 353 g/mol. The van der Waals surface area contributed by atoms with Crippen LogP contribution in [0.15, 0.2) is 23.6 Å². The summed E-state index contributed by atoms with van der Waals surface area (Å²) >= 11 is 0. The summed E-state index contributed by atoms with van der Waals surface area (Å²) in [5.74, 6) is 1.56. The molecule has 0 spiro atoms. The Kier molecular flexibility index (Phi) is 5.49. The molecule has 0 aliphatic heterocycles. The Labute approximate surface area is 147 Å². The molecule has 0 N–H and O–H groups in total. The van der Waals surface area contributed by atoms with E-state index in [1.165, 1.54) is 5.41 Å². The van der Waals surface area contributed by atoms with E-state index in [0.717, 1.165) is 32.1 Å².